The third kappa shape index (κ3) is 1.79. The van der Waals surface area contributed by atoms with E-state index in [0.717, 1.165) is 18.4 Å². The molecule has 1 aromatic carbocycles. The van der Waals surface area contributed by atoms with Crippen LogP contribution < -0.4 is 0 Å². The molecule has 1 aliphatic carbocycles. The van der Waals surface area contributed by atoms with Gasteiger partial charge < -0.3 is 9.47 Å². The number of rotatable bonds is 2. The summed E-state index contributed by atoms with van der Waals surface area (Å²) in [4.78, 5) is 0. The summed E-state index contributed by atoms with van der Waals surface area (Å²) in [5.41, 5.74) is -2.46. The van der Waals surface area contributed by atoms with E-state index in [-0.39, 0.29) is 5.90 Å². The Morgan fingerprint density at radius 1 is 1.08 bits per heavy atom. The van der Waals surface area contributed by atoms with Crippen LogP contribution in [0.1, 0.15) is 31.2 Å². The van der Waals surface area contributed by atoms with Gasteiger partial charge in [0.1, 0.15) is 6.10 Å². The zero-order valence-corrected chi connectivity index (χ0v) is 14.2. The van der Waals surface area contributed by atoms with Crippen molar-refractivity contribution in [2.45, 2.75) is 44.0 Å². The Morgan fingerprint density at radius 3 is 2.46 bits per heavy atom. The van der Waals surface area contributed by atoms with Gasteiger partial charge in [-0.05, 0) is 18.4 Å². The third-order valence-corrected chi connectivity index (χ3v) is 6.19. The van der Waals surface area contributed by atoms with Crippen molar-refractivity contribution in [3.8, 4) is 18.2 Å². The van der Waals surface area contributed by atoms with E-state index in [2.05, 4.69) is 18.2 Å². The lowest BCUT2D eigenvalue weighted by atomic mass is 9.51. The summed E-state index contributed by atoms with van der Waals surface area (Å²) >= 11 is 0. The van der Waals surface area contributed by atoms with Crippen LogP contribution in [0.5, 0.6) is 0 Å². The number of nitrogens with one attached hydrogen (secondary N) is 1. The molecule has 130 valence electrons. The lowest BCUT2D eigenvalue weighted by Crippen LogP contribution is -2.63. The second-order valence-electron chi connectivity index (χ2n) is 7.29. The molecule has 3 aliphatic rings. The second-order valence-corrected chi connectivity index (χ2v) is 7.29. The Bertz CT molecular complexity index is 864. The number of ether oxygens (including phenoxy) is 2. The van der Waals surface area contributed by atoms with Crippen LogP contribution in [-0.4, -0.2) is 17.8 Å². The summed E-state index contributed by atoms with van der Waals surface area (Å²) in [6.07, 6.45) is 2.40. The molecule has 4 unspecified atom stereocenters. The molecule has 2 aliphatic heterocycles. The number of hydrogen-bond donors (Lipinski definition) is 1. The highest BCUT2D eigenvalue weighted by atomic mass is 16.7. The van der Waals surface area contributed by atoms with Crippen molar-refractivity contribution in [2.75, 3.05) is 0 Å². The van der Waals surface area contributed by atoms with Crippen LogP contribution >= 0.6 is 0 Å². The monoisotopic (exact) mass is 346 g/mol. The molecule has 0 amide bonds. The van der Waals surface area contributed by atoms with Crippen molar-refractivity contribution in [3.63, 3.8) is 0 Å². The molecule has 3 fully saturated rings. The summed E-state index contributed by atoms with van der Waals surface area (Å²) in [5.74, 6) is -1.82. The van der Waals surface area contributed by atoms with Gasteiger partial charge in [0.25, 0.3) is 0 Å². The van der Waals surface area contributed by atoms with Gasteiger partial charge in [-0.1, -0.05) is 36.8 Å². The van der Waals surface area contributed by atoms with Gasteiger partial charge in [-0.15, -0.1) is 0 Å². The average Bonchev–Trinajstić information content (AvgIpc) is 2.88. The fraction of sp³-hybridized carbons (Fsp3) is 0.500. The van der Waals surface area contributed by atoms with Crippen molar-refractivity contribution < 1.29 is 9.47 Å². The normalized spacial score (nSPS) is 36.7. The lowest BCUT2D eigenvalue weighted by molar-refractivity contribution is -0.291. The van der Waals surface area contributed by atoms with E-state index in [4.69, 9.17) is 14.9 Å². The summed E-state index contributed by atoms with van der Waals surface area (Å²) in [6.45, 7) is 0. The largest absolute Gasteiger partial charge is 0.447 e. The van der Waals surface area contributed by atoms with Crippen LogP contribution in [0, 0.1) is 56.2 Å². The molecule has 1 aromatic rings. The Hall–Kier alpha value is -2.88. The first-order valence-electron chi connectivity index (χ1n) is 8.82. The van der Waals surface area contributed by atoms with Crippen LogP contribution in [0.4, 0.5) is 0 Å². The van der Waals surface area contributed by atoms with Crippen LogP contribution in [0.25, 0.3) is 0 Å². The Morgan fingerprint density at radius 2 is 1.81 bits per heavy atom. The maximum atomic E-state index is 10.1. The predicted molar refractivity (Wildman–Crippen MR) is 90.2 cm³/mol. The summed E-state index contributed by atoms with van der Waals surface area (Å²) in [6, 6.07) is 15.8. The Kier molecular flexibility index (Phi) is 3.55. The Balaban J connectivity index is 1.89. The molecular formula is C20H18N4O2. The minimum Gasteiger partial charge on any atom is -0.447 e. The van der Waals surface area contributed by atoms with Crippen LogP contribution in [0.15, 0.2) is 30.3 Å². The first kappa shape index (κ1) is 16.6. The molecule has 6 heteroatoms. The van der Waals surface area contributed by atoms with Crippen LogP contribution in [0.3, 0.4) is 0 Å². The smallest absolute Gasteiger partial charge is 0.217 e. The van der Waals surface area contributed by atoms with E-state index in [1.165, 1.54) is 0 Å². The average molecular weight is 346 g/mol. The predicted octanol–water partition coefficient (Wildman–Crippen LogP) is 3.07. The van der Waals surface area contributed by atoms with Gasteiger partial charge in [0.15, 0.2) is 10.8 Å². The second kappa shape index (κ2) is 5.56. The van der Waals surface area contributed by atoms with E-state index < -0.39 is 28.6 Å². The maximum absolute atomic E-state index is 10.1. The first-order chi connectivity index (χ1) is 12.6. The van der Waals surface area contributed by atoms with Crippen molar-refractivity contribution in [2.24, 2.45) is 16.7 Å². The zero-order chi connectivity index (χ0) is 18.4. The number of nitrogens with zero attached hydrogens (tertiary/aromatic N) is 3. The van der Waals surface area contributed by atoms with E-state index >= 15 is 0 Å². The van der Waals surface area contributed by atoms with Gasteiger partial charge in [-0.3, -0.25) is 5.41 Å². The van der Waals surface area contributed by atoms with E-state index in [0.29, 0.717) is 19.3 Å². The summed E-state index contributed by atoms with van der Waals surface area (Å²) < 4.78 is 12.1. The zero-order valence-electron chi connectivity index (χ0n) is 14.2. The third-order valence-electron chi connectivity index (χ3n) is 6.19. The molecule has 1 N–H and O–H groups in total. The van der Waals surface area contributed by atoms with Crippen LogP contribution in [0.2, 0.25) is 0 Å². The van der Waals surface area contributed by atoms with Gasteiger partial charge in [0.2, 0.25) is 11.7 Å². The fourth-order valence-electron chi connectivity index (χ4n) is 4.98. The molecule has 4 rings (SSSR count). The molecule has 2 heterocycles. The van der Waals surface area contributed by atoms with Gasteiger partial charge in [0, 0.05) is 12.8 Å². The highest BCUT2D eigenvalue weighted by Crippen LogP contribution is 2.66. The Labute approximate surface area is 152 Å². The quantitative estimate of drug-likeness (QED) is 0.884. The van der Waals surface area contributed by atoms with Crippen molar-refractivity contribution in [1.82, 2.24) is 0 Å². The summed E-state index contributed by atoms with van der Waals surface area (Å²) in [5, 5.41) is 38.7. The number of hydrogen-bond acceptors (Lipinski definition) is 6. The first-order valence-corrected chi connectivity index (χ1v) is 8.82. The SMILES string of the molecule is N#CC1(C#N)C(Cc2ccccc2)OC23CCCCC2C1(C#N)C(=N)O3. The number of nitriles is 3. The van der Waals surface area contributed by atoms with E-state index in [9.17, 15) is 15.8 Å². The minimum atomic E-state index is -1.78. The van der Waals surface area contributed by atoms with E-state index in [1.54, 1.807) is 0 Å². The maximum Gasteiger partial charge on any atom is 0.217 e. The standard InChI is InChI=1S/C20H18N4O2/c21-11-18(12-22)16(10-14-6-2-1-3-7-14)25-20-9-5-4-8-15(20)19(18,13-23)17(24)26-20/h1-3,6-7,15-16,24H,4-5,8-10H2. The minimum absolute atomic E-state index is 0.287. The molecule has 26 heavy (non-hydrogen) atoms. The molecule has 0 radical (unpaired) electrons. The number of benzene rings is 1. The molecule has 2 saturated heterocycles. The van der Waals surface area contributed by atoms with Crippen LogP contribution in [-0.2, 0) is 15.9 Å². The van der Waals surface area contributed by atoms with Gasteiger partial charge in [-0.25, -0.2) is 0 Å². The lowest BCUT2D eigenvalue weighted by Gasteiger charge is -2.51. The molecule has 1 saturated carbocycles. The molecule has 0 spiro atoms. The van der Waals surface area contributed by atoms with Crippen molar-refractivity contribution in [3.05, 3.63) is 35.9 Å². The summed E-state index contributed by atoms with van der Waals surface area (Å²) in [7, 11) is 0. The molecule has 2 bridgehead atoms. The molecule has 4 atom stereocenters. The molecule has 0 aromatic heterocycles. The van der Waals surface area contributed by atoms with Gasteiger partial charge in [-0.2, -0.15) is 15.8 Å². The van der Waals surface area contributed by atoms with Crippen molar-refractivity contribution in [1.29, 1.82) is 21.2 Å². The van der Waals surface area contributed by atoms with Gasteiger partial charge >= 0.3 is 0 Å². The fourth-order valence-corrected chi connectivity index (χ4v) is 4.98. The molecular weight excluding hydrogens is 328 g/mol. The molecule has 6 nitrogen and oxygen atoms in total. The highest BCUT2D eigenvalue weighted by molar-refractivity contribution is 5.89. The van der Waals surface area contributed by atoms with Crippen molar-refractivity contribution >= 4 is 5.90 Å². The van der Waals surface area contributed by atoms with Gasteiger partial charge in [0.05, 0.1) is 24.1 Å². The highest BCUT2D eigenvalue weighted by Gasteiger charge is 2.80. The topological polar surface area (TPSA) is 114 Å². The van der Waals surface area contributed by atoms with E-state index in [1.807, 2.05) is 30.3 Å².